The first-order valence-electron chi connectivity index (χ1n) is 4.84. The van der Waals surface area contributed by atoms with Crippen LogP contribution in [0.15, 0.2) is 16.6 Å². The van der Waals surface area contributed by atoms with Gasteiger partial charge < -0.3 is 10.1 Å². The van der Waals surface area contributed by atoms with Gasteiger partial charge in [0, 0.05) is 13.2 Å². The molecule has 0 fully saturated rings. The number of anilines is 1. The Bertz CT molecular complexity index is 428. The maximum Gasteiger partial charge on any atom is 0.295 e. The second-order valence-corrected chi connectivity index (χ2v) is 4.40. The second-order valence-electron chi connectivity index (χ2n) is 3.54. The minimum absolute atomic E-state index is 0.115. The van der Waals surface area contributed by atoms with Crippen LogP contribution in [0.3, 0.4) is 0 Å². The summed E-state index contributed by atoms with van der Waals surface area (Å²) in [6, 6.07) is 2.11. The highest BCUT2D eigenvalue weighted by molar-refractivity contribution is 9.10. The number of hydrogen-bond donors (Lipinski definition) is 1. The van der Waals surface area contributed by atoms with Crippen molar-refractivity contribution in [1.29, 1.82) is 0 Å². The first-order valence-corrected chi connectivity index (χ1v) is 5.64. The highest BCUT2D eigenvalue weighted by Gasteiger charge is 2.18. The maximum atomic E-state index is 13.2. The fourth-order valence-electron chi connectivity index (χ4n) is 1.36. The van der Waals surface area contributed by atoms with Crippen molar-refractivity contribution in [3.63, 3.8) is 0 Å². The van der Waals surface area contributed by atoms with Gasteiger partial charge in [0.2, 0.25) is 0 Å². The second kappa shape index (κ2) is 5.92. The van der Waals surface area contributed by atoms with E-state index in [1.807, 2.05) is 6.92 Å². The number of hydrogen-bond acceptors (Lipinski definition) is 4. The number of nitrogens with zero attached hydrogens (tertiary/aromatic N) is 1. The molecule has 0 aromatic heterocycles. The summed E-state index contributed by atoms with van der Waals surface area (Å²) in [6.07, 6.45) is 0. The van der Waals surface area contributed by atoms with E-state index in [0.717, 1.165) is 6.07 Å². The Morgan fingerprint density at radius 2 is 2.29 bits per heavy atom. The van der Waals surface area contributed by atoms with E-state index in [0.29, 0.717) is 6.61 Å². The standard InChI is InChI=1S/C10H12BrFN2O3/c1-6(5-17-2)13-9-3-7(11)8(12)4-10(9)14(15)16/h3-4,6,13H,5H2,1-2H3. The van der Waals surface area contributed by atoms with Gasteiger partial charge in [-0.2, -0.15) is 0 Å². The lowest BCUT2D eigenvalue weighted by molar-refractivity contribution is -0.384. The number of benzene rings is 1. The van der Waals surface area contributed by atoms with Gasteiger partial charge in [0.1, 0.15) is 11.5 Å². The van der Waals surface area contributed by atoms with Gasteiger partial charge in [0.05, 0.1) is 22.1 Å². The van der Waals surface area contributed by atoms with E-state index in [2.05, 4.69) is 21.2 Å². The molecule has 1 atom stereocenters. The normalized spacial score (nSPS) is 12.2. The molecule has 0 heterocycles. The lowest BCUT2D eigenvalue weighted by Gasteiger charge is -2.14. The van der Waals surface area contributed by atoms with Crippen LogP contribution >= 0.6 is 15.9 Å². The molecule has 0 saturated carbocycles. The number of nitro groups is 1. The van der Waals surface area contributed by atoms with E-state index in [4.69, 9.17) is 4.74 Å². The molecule has 0 saturated heterocycles. The summed E-state index contributed by atoms with van der Waals surface area (Å²) >= 11 is 2.99. The van der Waals surface area contributed by atoms with E-state index in [1.165, 1.54) is 13.2 Å². The molecule has 1 aromatic carbocycles. The van der Waals surface area contributed by atoms with Crippen molar-refractivity contribution in [2.75, 3.05) is 19.0 Å². The lowest BCUT2D eigenvalue weighted by Crippen LogP contribution is -2.21. The summed E-state index contributed by atoms with van der Waals surface area (Å²) < 4.78 is 18.3. The molecule has 1 unspecified atom stereocenters. The van der Waals surface area contributed by atoms with Crippen LogP contribution in [-0.2, 0) is 4.74 Å². The molecule has 1 N–H and O–H groups in total. The average molecular weight is 307 g/mol. The number of methoxy groups -OCH3 is 1. The molecule has 0 amide bonds. The smallest absolute Gasteiger partial charge is 0.295 e. The van der Waals surface area contributed by atoms with Crippen LogP contribution in [0.2, 0.25) is 0 Å². The molecule has 0 aliphatic heterocycles. The summed E-state index contributed by atoms with van der Waals surface area (Å²) in [7, 11) is 1.53. The van der Waals surface area contributed by atoms with Gasteiger partial charge in [-0.05, 0) is 28.9 Å². The molecule has 5 nitrogen and oxygen atoms in total. The molecule has 0 bridgehead atoms. The molecule has 0 aliphatic rings. The number of ether oxygens (including phenoxy) is 1. The van der Waals surface area contributed by atoms with Crippen molar-refractivity contribution in [2.24, 2.45) is 0 Å². The summed E-state index contributed by atoms with van der Waals surface area (Å²) in [5.41, 5.74) is -0.0403. The van der Waals surface area contributed by atoms with Gasteiger partial charge in [-0.15, -0.1) is 0 Å². The number of nitro benzene ring substituents is 1. The number of halogens is 2. The fraction of sp³-hybridized carbons (Fsp3) is 0.400. The summed E-state index contributed by atoms with van der Waals surface area (Å²) in [5, 5.41) is 13.7. The molecule has 0 spiro atoms. The summed E-state index contributed by atoms with van der Waals surface area (Å²) in [6.45, 7) is 2.20. The van der Waals surface area contributed by atoms with Crippen molar-refractivity contribution in [3.8, 4) is 0 Å². The molecule has 7 heteroatoms. The fourth-order valence-corrected chi connectivity index (χ4v) is 1.70. The maximum absolute atomic E-state index is 13.2. The van der Waals surface area contributed by atoms with Crippen LogP contribution in [0.1, 0.15) is 6.92 Å². The van der Waals surface area contributed by atoms with Crippen molar-refractivity contribution in [3.05, 3.63) is 32.5 Å². The predicted molar refractivity (Wildman–Crippen MR) is 65.7 cm³/mol. The van der Waals surface area contributed by atoms with Crippen LogP contribution < -0.4 is 5.32 Å². The van der Waals surface area contributed by atoms with E-state index in [9.17, 15) is 14.5 Å². The van der Waals surface area contributed by atoms with E-state index >= 15 is 0 Å². The van der Waals surface area contributed by atoms with E-state index < -0.39 is 10.7 Å². The zero-order valence-electron chi connectivity index (χ0n) is 9.37. The minimum Gasteiger partial charge on any atom is -0.383 e. The van der Waals surface area contributed by atoms with Gasteiger partial charge in [0.15, 0.2) is 0 Å². The third-order valence-electron chi connectivity index (χ3n) is 2.05. The third kappa shape index (κ3) is 3.64. The molecule has 1 aromatic rings. The highest BCUT2D eigenvalue weighted by atomic mass is 79.9. The lowest BCUT2D eigenvalue weighted by atomic mass is 10.2. The summed E-state index contributed by atoms with van der Waals surface area (Å²) in [4.78, 5) is 10.1. The first-order chi connectivity index (χ1) is 7.95. The Morgan fingerprint density at radius 1 is 1.65 bits per heavy atom. The Morgan fingerprint density at radius 3 is 2.82 bits per heavy atom. The van der Waals surface area contributed by atoms with Crippen molar-refractivity contribution < 1.29 is 14.1 Å². The average Bonchev–Trinajstić information content (AvgIpc) is 2.23. The van der Waals surface area contributed by atoms with Gasteiger partial charge in [-0.1, -0.05) is 0 Å². The minimum atomic E-state index is -0.665. The zero-order chi connectivity index (χ0) is 13.0. The Kier molecular flexibility index (Phi) is 4.83. The molecule has 94 valence electrons. The van der Waals surface area contributed by atoms with Crippen LogP contribution in [0, 0.1) is 15.9 Å². The Labute approximate surface area is 106 Å². The molecular weight excluding hydrogens is 295 g/mol. The molecule has 1 rings (SSSR count). The van der Waals surface area contributed by atoms with E-state index in [-0.39, 0.29) is 21.9 Å². The quantitative estimate of drug-likeness (QED) is 0.671. The Hall–Kier alpha value is -1.21. The monoisotopic (exact) mass is 306 g/mol. The van der Waals surface area contributed by atoms with Crippen LogP contribution in [-0.4, -0.2) is 24.7 Å². The van der Waals surface area contributed by atoms with Gasteiger partial charge in [0.25, 0.3) is 5.69 Å². The van der Waals surface area contributed by atoms with Crippen molar-refractivity contribution in [1.82, 2.24) is 0 Å². The number of rotatable bonds is 5. The molecule has 0 radical (unpaired) electrons. The topological polar surface area (TPSA) is 64.4 Å². The summed E-state index contributed by atoms with van der Waals surface area (Å²) in [5.74, 6) is -0.665. The van der Waals surface area contributed by atoms with Crippen molar-refractivity contribution in [2.45, 2.75) is 13.0 Å². The van der Waals surface area contributed by atoms with Crippen molar-refractivity contribution >= 4 is 27.3 Å². The molecule has 0 aliphatic carbocycles. The highest BCUT2D eigenvalue weighted by Crippen LogP contribution is 2.30. The van der Waals surface area contributed by atoms with Gasteiger partial charge in [-0.3, -0.25) is 10.1 Å². The largest absolute Gasteiger partial charge is 0.383 e. The van der Waals surface area contributed by atoms with Crippen LogP contribution in [0.25, 0.3) is 0 Å². The van der Waals surface area contributed by atoms with Gasteiger partial charge >= 0.3 is 0 Å². The zero-order valence-corrected chi connectivity index (χ0v) is 11.0. The Balaban J connectivity index is 3.04. The first kappa shape index (κ1) is 13.9. The third-order valence-corrected chi connectivity index (χ3v) is 2.66. The molecule has 17 heavy (non-hydrogen) atoms. The number of nitrogens with one attached hydrogen (secondary N) is 1. The van der Waals surface area contributed by atoms with Crippen LogP contribution in [0.5, 0.6) is 0 Å². The van der Waals surface area contributed by atoms with E-state index in [1.54, 1.807) is 0 Å². The van der Waals surface area contributed by atoms with Gasteiger partial charge in [-0.25, -0.2) is 4.39 Å². The molecular formula is C10H12BrFN2O3. The SMILES string of the molecule is COCC(C)Nc1cc(Br)c(F)cc1[N+](=O)[O-]. The van der Waals surface area contributed by atoms with Crippen LogP contribution in [0.4, 0.5) is 15.8 Å². The predicted octanol–water partition coefficient (Wildman–Crippen LogP) is 2.94.